The van der Waals surface area contributed by atoms with Gasteiger partial charge in [0.25, 0.3) is 0 Å². The predicted octanol–water partition coefficient (Wildman–Crippen LogP) is 2.98. The van der Waals surface area contributed by atoms with E-state index in [1.165, 1.54) is 5.56 Å². The number of aryl methyl sites for hydroxylation is 2. The van der Waals surface area contributed by atoms with Crippen LogP contribution < -0.4 is 10.1 Å². The molecule has 0 unspecified atom stereocenters. The Labute approximate surface area is 160 Å². The maximum atomic E-state index is 12.2. The lowest BCUT2D eigenvalue weighted by Crippen LogP contribution is -2.30. The zero-order chi connectivity index (χ0) is 19.2. The second-order valence-corrected chi connectivity index (χ2v) is 6.93. The number of carbonyl (C=O) groups excluding carboxylic acids is 2. The highest BCUT2D eigenvalue weighted by atomic mass is 16.5. The minimum atomic E-state index is 0.0369. The van der Waals surface area contributed by atoms with Gasteiger partial charge in [0.05, 0.1) is 6.54 Å². The summed E-state index contributed by atoms with van der Waals surface area (Å²) in [6.07, 6.45) is 1.09. The normalized spacial score (nSPS) is 13.3. The molecule has 0 saturated carbocycles. The van der Waals surface area contributed by atoms with Gasteiger partial charge in [0.15, 0.2) is 0 Å². The highest BCUT2D eigenvalue weighted by Crippen LogP contribution is 2.25. The number of fused-ring (bicyclic) bond motifs is 1. The molecule has 27 heavy (non-hydrogen) atoms. The van der Waals surface area contributed by atoms with Gasteiger partial charge in [-0.2, -0.15) is 0 Å². The maximum Gasteiger partial charge on any atom is 0.220 e. The molecule has 1 aliphatic heterocycles. The zero-order valence-electron chi connectivity index (χ0n) is 16.0. The smallest absolute Gasteiger partial charge is 0.220 e. The molecule has 2 aromatic rings. The van der Waals surface area contributed by atoms with Gasteiger partial charge in [-0.1, -0.05) is 36.4 Å². The fourth-order valence-electron chi connectivity index (χ4n) is 3.22. The second-order valence-electron chi connectivity index (χ2n) is 6.93. The fraction of sp³-hybridized carbons (Fsp3) is 0.364. The maximum absolute atomic E-state index is 12.2. The van der Waals surface area contributed by atoms with Crippen molar-refractivity contribution in [3.63, 3.8) is 0 Å². The van der Waals surface area contributed by atoms with E-state index in [-0.39, 0.29) is 11.8 Å². The summed E-state index contributed by atoms with van der Waals surface area (Å²) in [5.74, 6) is 0.911. The van der Waals surface area contributed by atoms with E-state index in [2.05, 4.69) is 5.32 Å². The molecule has 0 spiro atoms. The van der Waals surface area contributed by atoms with Crippen LogP contribution in [0.25, 0.3) is 0 Å². The molecule has 1 heterocycles. The van der Waals surface area contributed by atoms with Gasteiger partial charge in [0.2, 0.25) is 11.8 Å². The van der Waals surface area contributed by atoms with Crippen molar-refractivity contribution in [1.29, 1.82) is 0 Å². The summed E-state index contributed by atoms with van der Waals surface area (Å²) in [6.45, 7) is 5.83. The molecule has 0 aromatic heterocycles. The third-order valence-corrected chi connectivity index (χ3v) is 4.93. The van der Waals surface area contributed by atoms with Gasteiger partial charge in [-0.3, -0.25) is 9.59 Å². The number of ether oxygens (including phenoxy) is 1. The molecule has 5 nitrogen and oxygen atoms in total. The molecule has 0 bridgehead atoms. The van der Waals surface area contributed by atoms with Crippen molar-refractivity contribution >= 4 is 11.8 Å². The van der Waals surface area contributed by atoms with Gasteiger partial charge in [0.1, 0.15) is 12.4 Å². The summed E-state index contributed by atoms with van der Waals surface area (Å²) in [7, 11) is 0. The number of benzene rings is 2. The van der Waals surface area contributed by atoms with Crippen molar-refractivity contribution in [1.82, 2.24) is 10.2 Å². The largest absolute Gasteiger partial charge is 0.491 e. The van der Waals surface area contributed by atoms with Crippen LogP contribution in [0.5, 0.6) is 5.75 Å². The van der Waals surface area contributed by atoms with Gasteiger partial charge in [-0.25, -0.2) is 0 Å². The van der Waals surface area contributed by atoms with Gasteiger partial charge in [-0.05, 0) is 36.1 Å². The minimum Gasteiger partial charge on any atom is -0.491 e. The molecule has 2 aromatic carbocycles. The number of nitrogens with one attached hydrogen (secondary N) is 1. The summed E-state index contributed by atoms with van der Waals surface area (Å²) >= 11 is 0. The lowest BCUT2D eigenvalue weighted by Gasteiger charge is -2.17. The van der Waals surface area contributed by atoms with Crippen LogP contribution in [0.2, 0.25) is 0 Å². The van der Waals surface area contributed by atoms with Crippen molar-refractivity contribution in [3.8, 4) is 5.75 Å². The Morgan fingerprint density at radius 3 is 2.78 bits per heavy atom. The van der Waals surface area contributed by atoms with Crippen LogP contribution in [0.1, 0.15) is 35.6 Å². The number of hydrogen-bond donors (Lipinski definition) is 1. The molecule has 1 N–H and O–H groups in total. The van der Waals surface area contributed by atoms with Crippen LogP contribution in [0.4, 0.5) is 0 Å². The molecule has 0 atom stereocenters. The second kappa shape index (κ2) is 8.71. The first-order valence-electron chi connectivity index (χ1n) is 9.34. The van der Waals surface area contributed by atoms with Crippen molar-refractivity contribution < 1.29 is 14.3 Å². The Balaban J connectivity index is 1.56. The van der Waals surface area contributed by atoms with E-state index in [1.807, 2.05) is 49.4 Å². The lowest BCUT2D eigenvalue weighted by molar-refractivity contribution is -0.129. The first-order valence-corrected chi connectivity index (χ1v) is 9.34. The van der Waals surface area contributed by atoms with Crippen molar-refractivity contribution in [2.24, 2.45) is 0 Å². The fourth-order valence-corrected chi connectivity index (χ4v) is 3.22. The molecule has 5 heteroatoms. The number of nitrogens with zero attached hydrogens (tertiary/aromatic N) is 1. The Morgan fingerprint density at radius 2 is 2.00 bits per heavy atom. The average molecular weight is 366 g/mol. The van der Waals surface area contributed by atoms with Crippen LogP contribution in [-0.4, -0.2) is 29.9 Å². The lowest BCUT2D eigenvalue weighted by atomic mass is 10.0. The Morgan fingerprint density at radius 1 is 1.19 bits per heavy atom. The molecule has 0 aliphatic carbocycles. The minimum absolute atomic E-state index is 0.0369. The third kappa shape index (κ3) is 5.09. The summed E-state index contributed by atoms with van der Waals surface area (Å²) in [5, 5.41) is 2.99. The number of rotatable bonds is 5. The number of carbonyl (C=O) groups is 2. The highest BCUT2D eigenvalue weighted by molar-refractivity contribution is 5.76. The number of hydrogen-bond acceptors (Lipinski definition) is 3. The Kier molecular flexibility index (Phi) is 6.12. The molecular weight excluding hydrogens is 340 g/mol. The summed E-state index contributed by atoms with van der Waals surface area (Å²) in [5.41, 5.74) is 4.39. The monoisotopic (exact) mass is 366 g/mol. The quantitative estimate of drug-likeness (QED) is 0.885. The molecule has 0 fully saturated rings. The van der Waals surface area contributed by atoms with Gasteiger partial charge < -0.3 is 15.0 Å². The van der Waals surface area contributed by atoms with Crippen molar-refractivity contribution in [2.75, 3.05) is 13.2 Å². The van der Waals surface area contributed by atoms with Crippen LogP contribution in [0.3, 0.4) is 0 Å². The number of amides is 2. The first kappa shape index (κ1) is 19.0. The summed E-state index contributed by atoms with van der Waals surface area (Å²) < 4.78 is 5.74. The average Bonchev–Trinajstić information content (AvgIpc) is 2.88. The first-order chi connectivity index (χ1) is 13.0. The molecule has 142 valence electrons. The summed E-state index contributed by atoms with van der Waals surface area (Å²) in [4.78, 5) is 25.7. The van der Waals surface area contributed by atoms with Crippen molar-refractivity contribution in [2.45, 2.75) is 39.8 Å². The van der Waals surface area contributed by atoms with Crippen LogP contribution in [0.15, 0.2) is 42.5 Å². The van der Waals surface area contributed by atoms with E-state index in [4.69, 9.17) is 4.74 Å². The zero-order valence-corrected chi connectivity index (χ0v) is 16.0. The van der Waals surface area contributed by atoms with Gasteiger partial charge >= 0.3 is 0 Å². The van der Waals surface area contributed by atoms with E-state index >= 15 is 0 Å². The Hall–Kier alpha value is -2.82. The van der Waals surface area contributed by atoms with Gasteiger partial charge in [-0.15, -0.1) is 0 Å². The summed E-state index contributed by atoms with van der Waals surface area (Å²) in [6, 6.07) is 14.0. The van der Waals surface area contributed by atoms with Crippen LogP contribution >= 0.6 is 0 Å². The standard InChI is InChI=1S/C22H26N2O3/c1-16-5-3-4-6-19(16)14-23-22(26)10-8-18-7-9-21-20(13-18)15-24(17(2)25)11-12-27-21/h3-7,9,13H,8,10-12,14-15H2,1-2H3,(H,23,26). The molecule has 2 amide bonds. The topological polar surface area (TPSA) is 58.6 Å². The van der Waals surface area contributed by atoms with E-state index in [1.54, 1.807) is 11.8 Å². The van der Waals surface area contributed by atoms with E-state index in [9.17, 15) is 9.59 Å². The third-order valence-electron chi connectivity index (χ3n) is 4.93. The molecule has 1 aliphatic rings. The molecule has 0 saturated heterocycles. The van der Waals surface area contributed by atoms with E-state index in [0.717, 1.165) is 22.4 Å². The molecular formula is C22H26N2O3. The SMILES string of the molecule is CC(=O)N1CCOc2ccc(CCC(=O)NCc3ccccc3C)cc2C1. The molecule has 3 rings (SSSR count). The predicted molar refractivity (Wildman–Crippen MR) is 104 cm³/mol. The highest BCUT2D eigenvalue weighted by Gasteiger charge is 2.17. The Bertz CT molecular complexity index is 832. The van der Waals surface area contributed by atoms with Crippen molar-refractivity contribution in [3.05, 3.63) is 64.7 Å². The van der Waals surface area contributed by atoms with Gasteiger partial charge in [0, 0.05) is 32.0 Å². The van der Waals surface area contributed by atoms with Crippen LogP contribution in [-0.2, 0) is 29.1 Å². The van der Waals surface area contributed by atoms with Crippen LogP contribution in [0, 0.1) is 6.92 Å². The van der Waals surface area contributed by atoms with E-state index in [0.29, 0.717) is 39.1 Å². The molecule has 0 radical (unpaired) electrons. The van der Waals surface area contributed by atoms with E-state index < -0.39 is 0 Å².